The largest absolute Gasteiger partial charge is 0.501 e. The summed E-state index contributed by atoms with van der Waals surface area (Å²) in [6.07, 6.45) is 3.43. The number of amides is 1. The first-order valence-electron chi connectivity index (χ1n) is 26.7. The van der Waals surface area contributed by atoms with Gasteiger partial charge in [-0.2, -0.15) is 17.5 Å². The van der Waals surface area contributed by atoms with Crippen molar-refractivity contribution in [3.8, 4) is 0 Å². The van der Waals surface area contributed by atoms with Crippen LogP contribution in [0.4, 0.5) is 24.5 Å². The number of allylic oxidation sites excluding steroid dienone is 1. The van der Waals surface area contributed by atoms with E-state index in [1.807, 2.05) is 47.2 Å². The van der Waals surface area contributed by atoms with E-state index in [0.717, 1.165) is 86.7 Å². The SMILES string of the molecule is C[C@@]1(CN2CCN(S(=O)(=O)CCC(=O)O)CC2)CCC(c2ccc(Cl)cc2)=C(CN2CCN(c3ccc(C(=O)NS(=O)(=O)c4ccc(NC(CCN5CCCOCC5)CSc5ccccc5)c(S(=O)(=O)C(F)(F)F)c4)cc3)CC2)C1. The number of piperazine rings is 2. The molecule has 4 aromatic rings. The van der Waals surface area contributed by atoms with E-state index in [2.05, 4.69) is 44.0 Å². The van der Waals surface area contributed by atoms with Gasteiger partial charge in [0.05, 0.1) is 29.4 Å². The molecule has 0 saturated carbocycles. The molecule has 0 bridgehead atoms. The van der Waals surface area contributed by atoms with E-state index in [9.17, 15) is 48.0 Å². The quantitative estimate of drug-likeness (QED) is 0.0647. The number of carbonyl (C=O) groups is 2. The maximum atomic E-state index is 14.3. The number of sulfone groups is 1. The fourth-order valence-electron chi connectivity index (χ4n) is 10.8. The lowest BCUT2D eigenvalue weighted by Crippen LogP contribution is -2.52. The van der Waals surface area contributed by atoms with Gasteiger partial charge in [0.25, 0.3) is 25.8 Å². The molecular formula is C55H69ClF3N7O10S4. The molecule has 8 rings (SSSR count). The molecule has 3 N–H and O–H groups in total. The zero-order valence-electron chi connectivity index (χ0n) is 44.6. The lowest BCUT2D eigenvalue weighted by Gasteiger charge is -2.44. The number of alkyl halides is 3. The Hall–Kier alpha value is -4.76. The van der Waals surface area contributed by atoms with Gasteiger partial charge in [-0.15, -0.1) is 11.8 Å². The molecule has 1 aliphatic carbocycles. The van der Waals surface area contributed by atoms with Crippen molar-refractivity contribution in [2.45, 2.75) is 71.7 Å². The number of rotatable bonds is 22. The lowest BCUT2D eigenvalue weighted by molar-refractivity contribution is -0.136. The Bertz CT molecular complexity index is 3160. The van der Waals surface area contributed by atoms with Crippen LogP contribution in [-0.2, 0) is 39.4 Å². The summed E-state index contributed by atoms with van der Waals surface area (Å²) >= 11 is 7.73. The van der Waals surface area contributed by atoms with Gasteiger partial charge in [0.1, 0.15) is 4.90 Å². The van der Waals surface area contributed by atoms with Gasteiger partial charge in [-0.3, -0.25) is 14.5 Å². The minimum absolute atomic E-state index is 0.0446. The first kappa shape index (κ1) is 61.3. The van der Waals surface area contributed by atoms with Gasteiger partial charge < -0.3 is 29.9 Å². The molecule has 2 atom stereocenters. The smallest absolute Gasteiger partial charge is 0.481 e. The first-order valence-corrected chi connectivity index (χ1v) is 32.6. The number of hydrogen-bond acceptors (Lipinski definition) is 15. The Balaban J connectivity index is 0.901. The van der Waals surface area contributed by atoms with Crippen LogP contribution in [-0.4, -0.2) is 183 Å². The van der Waals surface area contributed by atoms with Crippen LogP contribution in [0.1, 0.15) is 61.4 Å². The first-order chi connectivity index (χ1) is 38.0. The Morgan fingerprint density at radius 1 is 0.812 bits per heavy atom. The summed E-state index contributed by atoms with van der Waals surface area (Å²) in [4.78, 5) is 32.4. The molecule has 3 fully saturated rings. The van der Waals surface area contributed by atoms with Gasteiger partial charge in [-0.1, -0.05) is 54.4 Å². The van der Waals surface area contributed by atoms with Crippen molar-refractivity contribution in [3.05, 3.63) is 119 Å². The maximum Gasteiger partial charge on any atom is 0.501 e. The molecule has 17 nitrogen and oxygen atoms in total. The predicted octanol–water partition coefficient (Wildman–Crippen LogP) is 7.63. The monoisotopic (exact) mass is 1210 g/mol. The maximum absolute atomic E-state index is 14.3. The Labute approximate surface area is 476 Å². The summed E-state index contributed by atoms with van der Waals surface area (Å²) < 4.78 is 131. The van der Waals surface area contributed by atoms with Gasteiger partial charge in [-0.25, -0.2) is 30.0 Å². The van der Waals surface area contributed by atoms with Crippen molar-refractivity contribution in [2.24, 2.45) is 5.41 Å². The highest BCUT2D eigenvalue weighted by molar-refractivity contribution is 7.99. The average molecular weight is 1210 g/mol. The Morgan fingerprint density at radius 3 is 2.17 bits per heavy atom. The summed E-state index contributed by atoms with van der Waals surface area (Å²) in [5.41, 5.74) is -1.80. The van der Waals surface area contributed by atoms with Crippen LogP contribution in [0.5, 0.6) is 0 Å². The molecule has 3 heterocycles. The molecule has 4 aromatic carbocycles. The number of aliphatic carboxylic acids is 1. The second-order valence-electron chi connectivity index (χ2n) is 21.1. The van der Waals surface area contributed by atoms with Crippen LogP contribution in [0.2, 0.25) is 5.02 Å². The van der Waals surface area contributed by atoms with Gasteiger partial charge in [0.15, 0.2) is 0 Å². The number of benzene rings is 4. The van der Waals surface area contributed by atoms with Crippen LogP contribution in [0.15, 0.2) is 117 Å². The minimum Gasteiger partial charge on any atom is -0.481 e. The van der Waals surface area contributed by atoms with Crippen LogP contribution in [0, 0.1) is 5.41 Å². The summed E-state index contributed by atoms with van der Waals surface area (Å²) in [6, 6.07) is 25.4. The third-order valence-corrected chi connectivity index (χ3v) is 21.3. The molecular weight excluding hydrogens is 1140 g/mol. The molecule has 1 unspecified atom stereocenters. The van der Waals surface area contributed by atoms with Crippen molar-refractivity contribution >= 4 is 82.1 Å². The second kappa shape index (κ2) is 26.7. The minimum atomic E-state index is -6.10. The summed E-state index contributed by atoms with van der Waals surface area (Å²) in [5.74, 6) is -2.27. The zero-order chi connectivity index (χ0) is 57.3. The fourth-order valence-corrected chi connectivity index (χ4v) is 15.3. The number of carboxylic acid groups (broad SMARTS) is 1. The number of carbonyl (C=O) groups excluding carboxylic acids is 1. The molecule has 436 valence electrons. The highest BCUT2D eigenvalue weighted by atomic mass is 35.5. The van der Waals surface area contributed by atoms with E-state index >= 15 is 0 Å². The van der Waals surface area contributed by atoms with E-state index in [1.54, 1.807) is 12.1 Å². The molecule has 0 radical (unpaired) electrons. The number of sulfonamides is 2. The molecule has 4 aliphatic rings. The number of thioether (sulfide) groups is 1. The fraction of sp³-hybridized carbons (Fsp3) is 0.491. The number of hydrogen-bond donors (Lipinski definition) is 3. The standard InChI is InChI=1S/C55H69ClF3N7O10S4/c1-54(40-64-26-30-66(31-27-64)78(70,71)35-20-52(67)68)21-18-49(41-8-12-44(56)13-9-41)43(37-54)38-63-24-28-65(29-25-63)46-14-10-42(11-15-46)53(69)61-80(74,75)48-16-17-50(51(36-48)79(72,73)55(57,58)59)60-45(39-77-47-6-3-2-4-7-47)19-23-62-22-5-33-76-34-32-62/h2-4,6-17,36,45,60H,5,18-35,37-40H2,1H3,(H,61,69)(H,67,68)/t45?,54-/m1/s1. The Morgan fingerprint density at radius 2 is 1.50 bits per heavy atom. The van der Waals surface area contributed by atoms with Gasteiger partial charge in [-0.05, 0) is 115 Å². The normalized spacial score (nSPS) is 20.3. The van der Waals surface area contributed by atoms with Gasteiger partial charge in [0.2, 0.25) is 10.0 Å². The van der Waals surface area contributed by atoms with Crippen molar-refractivity contribution in [1.29, 1.82) is 0 Å². The molecule has 3 saturated heterocycles. The van der Waals surface area contributed by atoms with Crippen LogP contribution < -0.4 is 14.9 Å². The number of nitrogens with one attached hydrogen (secondary N) is 2. The van der Waals surface area contributed by atoms with Crippen molar-refractivity contribution in [2.75, 3.05) is 120 Å². The third-order valence-electron chi connectivity index (χ3n) is 15.2. The third kappa shape index (κ3) is 16.3. The molecule has 0 spiro atoms. The number of anilines is 2. The number of carboxylic acids is 1. The topological polar surface area (TPSA) is 206 Å². The average Bonchev–Trinajstić information content (AvgIpc) is 3.81. The Kier molecular flexibility index (Phi) is 20.4. The summed E-state index contributed by atoms with van der Waals surface area (Å²) in [6.45, 7) is 11.4. The predicted molar refractivity (Wildman–Crippen MR) is 305 cm³/mol. The number of ether oxygens (including phenoxy) is 1. The van der Waals surface area contributed by atoms with Crippen LogP contribution >= 0.6 is 23.4 Å². The lowest BCUT2D eigenvalue weighted by atomic mass is 9.71. The highest BCUT2D eigenvalue weighted by Crippen LogP contribution is 2.44. The van der Waals surface area contributed by atoms with E-state index in [-0.39, 0.29) is 11.0 Å². The van der Waals surface area contributed by atoms with Crippen molar-refractivity contribution < 1.29 is 57.9 Å². The van der Waals surface area contributed by atoms with E-state index in [4.69, 9.17) is 21.4 Å². The van der Waals surface area contributed by atoms with Crippen molar-refractivity contribution in [1.82, 2.24) is 23.7 Å². The highest BCUT2D eigenvalue weighted by Gasteiger charge is 2.49. The summed E-state index contributed by atoms with van der Waals surface area (Å²) in [7, 11) is -14.7. The van der Waals surface area contributed by atoms with Crippen LogP contribution in [0.25, 0.3) is 5.57 Å². The molecule has 0 aromatic heterocycles. The summed E-state index contributed by atoms with van der Waals surface area (Å²) in [5, 5.41) is 12.7. The molecule has 80 heavy (non-hydrogen) atoms. The van der Waals surface area contributed by atoms with Gasteiger partial charge in [0, 0.05) is 125 Å². The van der Waals surface area contributed by atoms with E-state index in [1.165, 1.54) is 39.3 Å². The van der Waals surface area contributed by atoms with E-state index < -0.39 is 81.0 Å². The van der Waals surface area contributed by atoms with E-state index in [0.29, 0.717) is 88.8 Å². The van der Waals surface area contributed by atoms with Gasteiger partial charge >= 0.3 is 11.5 Å². The zero-order valence-corrected chi connectivity index (χ0v) is 48.6. The molecule has 25 heteroatoms. The second-order valence-corrected chi connectivity index (χ2v) is 28.3. The van der Waals surface area contributed by atoms with Crippen LogP contribution in [0.3, 0.4) is 0 Å². The number of nitrogens with zero attached hydrogens (tertiary/aromatic N) is 5. The van der Waals surface area contributed by atoms with Crippen molar-refractivity contribution in [3.63, 3.8) is 0 Å². The number of halogens is 4. The molecule has 3 aliphatic heterocycles. The molecule has 1 amide bonds.